The van der Waals surface area contributed by atoms with Gasteiger partial charge in [-0.25, -0.2) is 0 Å². The van der Waals surface area contributed by atoms with Crippen LogP contribution in [0.4, 0.5) is 0 Å². The first kappa shape index (κ1) is 14.0. The SMILES string of the molecule is Cc1ccc(C(C(C)N)N2CCN(C)CC2C)s1. The fourth-order valence-corrected chi connectivity index (χ4v) is 4.02. The van der Waals surface area contributed by atoms with Gasteiger partial charge in [0.15, 0.2) is 0 Å². The molecule has 0 radical (unpaired) electrons. The summed E-state index contributed by atoms with van der Waals surface area (Å²) in [4.78, 5) is 7.77. The second kappa shape index (κ2) is 5.70. The normalized spacial score (nSPS) is 26.2. The fraction of sp³-hybridized carbons (Fsp3) is 0.714. The summed E-state index contributed by atoms with van der Waals surface area (Å²) in [5.74, 6) is 0. The average Bonchev–Trinajstić information content (AvgIpc) is 2.68. The minimum absolute atomic E-state index is 0.175. The lowest BCUT2D eigenvalue weighted by molar-refractivity contribution is 0.0535. The van der Waals surface area contributed by atoms with Crippen LogP contribution in [0.1, 0.15) is 29.6 Å². The third kappa shape index (κ3) is 2.94. The first-order chi connectivity index (χ1) is 8.49. The minimum atomic E-state index is 0.175. The van der Waals surface area contributed by atoms with Crippen molar-refractivity contribution in [3.63, 3.8) is 0 Å². The highest BCUT2D eigenvalue weighted by Crippen LogP contribution is 2.32. The van der Waals surface area contributed by atoms with E-state index < -0.39 is 0 Å². The van der Waals surface area contributed by atoms with E-state index in [9.17, 15) is 0 Å². The van der Waals surface area contributed by atoms with Gasteiger partial charge < -0.3 is 10.6 Å². The molecule has 1 aromatic heterocycles. The molecule has 1 aliphatic heterocycles. The molecule has 2 heterocycles. The lowest BCUT2D eigenvalue weighted by atomic mass is 10.0. The van der Waals surface area contributed by atoms with Crippen molar-refractivity contribution in [2.45, 2.75) is 38.9 Å². The highest BCUT2D eigenvalue weighted by atomic mass is 32.1. The average molecular weight is 267 g/mol. The van der Waals surface area contributed by atoms with E-state index >= 15 is 0 Å². The van der Waals surface area contributed by atoms with E-state index in [0.717, 1.165) is 19.6 Å². The molecule has 0 spiro atoms. The molecule has 3 unspecified atom stereocenters. The number of nitrogens with zero attached hydrogens (tertiary/aromatic N) is 2. The summed E-state index contributed by atoms with van der Waals surface area (Å²) in [5, 5.41) is 0. The molecule has 1 aromatic rings. The molecule has 102 valence electrons. The van der Waals surface area contributed by atoms with Gasteiger partial charge in [0.05, 0.1) is 6.04 Å². The summed E-state index contributed by atoms with van der Waals surface area (Å²) in [6.45, 7) is 9.99. The van der Waals surface area contributed by atoms with Gasteiger partial charge in [-0.15, -0.1) is 11.3 Å². The zero-order valence-electron chi connectivity index (χ0n) is 11.9. The van der Waals surface area contributed by atoms with Crippen LogP contribution in [-0.4, -0.2) is 48.6 Å². The number of piperazine rings is 1. The molecule has 3 nitrogen and oxygen atoms in total. The largest absolute Gasteiger partial charge is 0.326 e. The molecule has 0 amide bonds. The molecule has 2 N–H and O–H groups in total. The van der Waals surface area contributed by atoms with E-state index in [1.807, 2.05) is 11.3 Å². The zero-order valence-corrected chi connectivity index (χ0v) is 12.7. The number of nitrogens with two attached hydrogens (primary N) is 1. The van der Waals surface area contributed by atoms with Crippen LogP contribution in [0, 0.1) is 6.92 Å². The summed E-state index contributed by atoms with van der Waals surface area (Å²) < 4.78 is 0. The Morgan fingerprint density at radius 2 is 2.11 bits per heavy atom. The monoisotopic (exact) mass is 267 g/mol. The summed E-state index contributed by atoms with van der Waals surface area (Å²) in [6.07, 6.45) is 0. The van der Waals surface area contributed by atoms with Crippen LogP contribution in [-0.2, 0) is 0 Å². The number of thiophene rings is 1. The van der Waals surface area contributed by atoms with Gasteiger partial charge in [0, 0.05) is 41.5 Å². The van der Waals surface area contributed by atoms with Crippen molar-refractivity contribution in [3.05, 3.63) is 21.9 Å². The summed E-state index contributed by atoms with van der Waals surface area (Å²) in [6, 6.07) is 5.57. The van der Waals surface area contributed by atoms with Gasteiger partial charge in [-0.05, 0) is 40.0 Å². The molecule has 1 saturated heterocycles. The Bertz CT molecular complexity index is 388. The van der Waals surface area contributed by atoms with E-state index in [2.05, 4.69) is 49.8 Å². The van der Waals surface area contributed by atoms with Crippen LogP contribution < -0.4 is 5.73 Å². The van der Waals surface area contributed by atoms with Gasteiger partial charge in [-0.1, -0.05) is 0 Å². The second-order valence-electron chi connectivity index (χ2n) is 5.60. The van der Waals surface area contributed by atoms with Gasteiger partial charge in [-0.2, -0.15) is 0 Å². The summed E-state index contributed by atoms with van der Waals surface area (Å²) in [5.41, 5.74) is 6.26. The van der Waals surface area contributed by atoms with Crippen molar-refractivity contribution in [3.8, 4) is 0 Å². The molecular formula is C14H25N3S. The Labute approximate surface area is 115 Å². The van der Waals surface area contributed by atoms with Crippen LogP contribution in [0.25, 0.3) is 0 Å². The number of hydrogen-bond acceptors (Lipinski definition) is 4. The molecule has 0 aliphatic carbocycles. The van der Waals surface area contributed by atoms with E-state index in [1.165, 1.54) is 9.75 Å². The first-order valence-corrected chi connectivity index (χ1v) is 7.57. The maximum absolute atomic E-state index is 6.26. The molecule has 4 heteroatoms. The van der Waals surface area contributed by atoms with E-state index in [-0.39, 0.29) is 6.04 Å². The quantitative estimate of drug-likeness (QED) is 0.910. The Morgan fingerprint density at radius 1 is 1.39 bits per heavy atom. The summed E-state index contributed by atoms with van der Waals surface area (Å²) in [7, 11) is 2.20. The molecule has 0 saturated carbocycles. The zero-order chi connectivity index (χ0) is 13.3. The Kier molecular flexibility index (Phi) is 4.43. The number of rotatable bonds is 3. The Morgan fingerprint density at radius 3 is 2.61 bits per heavy atom. The highest BCUT2D eigenvalue weighted by Gasteiger charge is 2.31. The third-order valence-electron chi connectivity index (χ3n) is 3.79. The third-order valence-corrected chi connectivity index (χ3v) is 4.86. The van der Waals surface area contributed by atoms with Crippen molar-refractivity contribution < 1.29 is 0 Å². The van der Waals surface area contributed by atoms with Crippen LogP contribution in [0.2, 0.25) is 0 Å². The Balaban J connectivity index is 2.20. The van der Waals surface area contributed by atoms with Gasteiger partial charge in [0.1, 0.15) is 0 Å². The van der Waals surface area contributed by atoms with Crippen LogP contribution in [0.15, 0.2) is 12.1 Å². The fourth-order valence-electron chi connectivity index (χ4n) is 2.90. The van der Waals surface area contributed by atoms with Crippen molar-refractivity contribution in [1.82, 2.24) is 9.80 Å². The van der Waals surface area contributed by atoms with Gasteiger partial charge in [0.2, 0.25) is 0 Å². The van der Waals surface area contributed by atoms with E-state index in [1.54, 1.807) is 0 Å². The predicted molar refractivity (Wildman–Crippen MR) is 79.1 cm³/mol. The standard InChI is InChI=1S/C14H25N3S/c1-10-9-16(4)7-8-17(10)14(12(3)15)13-6-5-11(2)18-13/h5-6,10,12,14H,7-9,15H2,1-4H3. The molecule has 1 fully saturated rings. The maximum Gasteiger partial charge on any atom is 0.0594 e. The molecule has 2 rings (SSSR count). The number of aryl methyl sites for hydroxylation is 1. The lowest BCUT2D eigenvalue weighted by Crippen LogP contribution is -2.54. The maximum atomic E-state index is 6.26. The van der Waals surface area contributed by atoms with Crippen molar-refractivity contribution in [2.24, 2.45) is 5.73 Å². The van der Waals surface area contributed by atoms with E-state index in [0.29, 0.717) is 12.1 Å². The van der Waals surface area contributed by atoms with Crippen LogP contribution >= 0.6 is 11.3 Å². The second-order valence-corrected chi connectivity index (χ2v) is 6.92. The van der Waals surface area contributed by atoms with Crippen molar-refractivity contribution in [2.75, 3.05) is 26.7 Å². The van der Waals surface area contributed by atoms with Crippen LogP contribution in [0.5, 0.6) is 0 Å². The first-order valence-electron chi connectivity index (χ1n) is 6.75. The highest BCUT2D eigenvalue weighted by molar-refractivity contribution is 7.12. The van der Waals surface area contributed by atoms with Gasteiger partial charge >= 0.3 is 0 Å². The van der Waals surface area contributed by atoms with Crippen LogP contribution in [0.3, 0.4) is 0 Å². The predicted octanol–water partition coefficient (Wildman–Crippen LogP) is 2.08. The van der Waals surface area contributed by atoms with E-state index in [4.69, 9.17) is 5.73 Å². The molecule has 3 atom stereocenters. The molecule has 0 bridgehead atoms. The summed E-state index contributed by atoms with van der Waals surface area (Å²) >= 11 is 1.89. The number of likely N-dealkylation sites (N-methyl/N-ethyl adjacent to an activating group) is 1. The molecule has 18 heavy (non-hydrogen) atoms. The molecular weight excluding hydrogens is 242 g/mol. The van der Waals surface area contributed by atoms with Crippen molar-refractivity contribution in [1.29, 1.82) is 0 Å². The van der Waals surface area contributed by atoms with Crippen molar-refractivity contribution >= 4 is 11.3 Å². The number of hydrogen-bond donors (Lipinski definition) is 1. The lowest BCUT2D eigenvalue weighted by Gasteiger charge is -2.44. The molecule has 1 aliphatic rings. The Hall–Kier alpha value is -0.420. The molecule has 0 aromatic carbocycles. The van der Waals surface area contributed by atoms with Gasteiger partial charge in [-0.3, -0.25) is 4.90 Å². The topological polar surface area (TPSA) is 32.5 Å². The van der Waals surface area contributed by atoms with Gasteiger partial charge in [0.25, 0.3) is 0 Å². The minimum Gasteiger partial charge on any atom is -0.326 e. The smallest absolute Gasteiger partial charge is 0.0594 e.